The monoisotopic (exact) mass is 400 g/mol. The van der Waals surface area contributed by atoms with Gasteiger partial charge in [-0.25, -0.2) is 0 Å². The Morgan fingerprint density at radius 2 is 1.90 bits per heavy atom. The summed E-state index contributed by atoms with van der Waals surface area (Å²) in [7, 11) is 1.80. The molecular formula is C24H24N4O2. The number of carbonyl (C=O) groups excluding carboxylic acids is 2. The Labute approximate surface area is 175 Å². The number of hydrogen-bond acceptors (Lipinski definition) is 3. The number of rotatable bonds is 4. The number of nitrogens with zero attached hydrogens (tertiary/aromatic N) is 3. The van der Waals surface area contributed by atoms with Crippen LogP contribution in [0, 0.1) is 0 Å². The molecule has 2 atom stereocenters. The van der Waals surface area contributed by atoms with Gasteiger partial charge in [-0.15, -0.1) is 0 Å². The first-order valence-corrected chi connectivity index (χ1v) is 10.3. The first-order chi connectivity index (χ1) is 14.6. The number of aryl methyl sites for hydroxylation is 2. The predicted octanol–water partition coefficient (Wildman–Crippen LogP) is 3.16. The van der Waals surface area contributed by atoms with Gasteiger partial charge in [-0.05, 0) is 42.5 Å². The van der Waals surface area contributed by atoms with Crippen LogP contribution in [0.2, 0.25) is 0 Å². The molecule has 5 rings (SSSR count). The van der Waals surface area contributed by atoms with Gasteiger partial charge in [0.2, 0.25) is 5.91 Å². The van der Waals surface area contributed by atoms with Crippen LogP contribution in [0.4, 0.5) is 5.69 Å². The van der Waals surface area contributed by atoms with Gasteiger partial charge in [0.1, 0.15) is 5.69 Å². The summed E-state index contributed by atoms with van der Waals surface area (Å²) in [5, 5.41) is 7.38. The molecule has 3 heterocycles. The highest BCUT2D eigenvalue weighted by Gasteiger charge is 2.58. The van der Waals surface area contributed by atoms with Crippen molar-refractivity contribution in [2.45, 2.75) is 30.7 Å². The topological polar surface area (TPSA) is 67.2 Å². The number of aromatic nitrogens is 2. The van der Waals surface area contributed by atoms with Crippen LogP contribution < -0.4 is 5.32 Å². The molecule has 0 bridgehead atoms. The van der Waals surface area contributed by atoms with Crippen LogP contribution in [0.25, 0.3) is 0 Å². The number of anilines is 1. The minimum atomic E-state index is -0.712. The van der Waals surface area contributed by atoms with Crippen molar-refractivity contribution < 1.29 is 9.59 Å². The summed E-state index contributed by atoms with van der Waals surface area (Å²) in [4.78, 5) is 28.5. The highest BCUT2D eigenvalue weighted by atomic mass is 16.2. The molecule has 2 aliphatic rings. The summed E-state index contributed by atoms with van der Waals surface area (Å²) < 4.78 is 1.63. The Hall–Kier alpha value is -3.41. The molecule has 1 aromatic heterocycles. The van der Waals surface area contributed by atoms with E-state index in [1.165, 1.54) is 5.56 Å². The Balaban J connectivity index is 1.54. The molecule has 6 nitrogen and oxygen atoms in total. The van der Waals surface area contributed by atoms with Crippen molar-refractivity contribution >= 4 is 17.5 Å². The maximum absolute atomic E-state index is 13.4. The van der Waals surface area contributed by atoms with Gasteiger partial charge in [-0.2, -0.15) is 5.10 Å². The fourth-order valence-electron chi connectivity index (χ4n) is 5.07. The summed E-state index contributed by atoms with van der Waals surface area (Å²) in [6, 6.07) is 19.6. The van der Waals surface area contributed by atoms with E-state index in [1.807, 2.05) is 47.4 Å². The first kappa shape index (κ1) is 18.6. The van der Waals surface area contributed by atoms with E-state index in [-0.39, 0.29) is 17.9 Å². The van der Waals surface area contributed by atoms with Crippen LogP contribution in [0.1, 0.15) is 34.5 Å². The number of likely N-dealkylation sites (tertiary alicyclic amines) is 1. The molecule has 6 heteroatoms. The van der Waals surface area contributed by atoms with Crippen molar-refractivity contribution in [2.24, 2.45) is 7.05 Å². The largest absolute Gasteiger partial charge is 0.333 e. The fraction of sp³-hybridized carbons (Fsp3) is 0.292. The second-order valence-electron chi connectivity index (χ2n) is 8.13. The van der Waals surface area contributed by atoms with Crippen LogP contribution in [0.15, 0.2) is 66.9 Å². The molecule has 1 spiro atoms. The number of hydrogen-bond donors (Lipinski definition) is 1. The number of nitrogens with one attached hydrogen (secondary N) is 1. The maximum Gasteiger partial charge on any atom is 0.274 e. The minimum absolute atomic E-state index is 0.00178. The number of fused-ring (bicyclic) bond motifs is 2. The standard InChI is InChI=1S/C24H24N4O2/c1-27-15-13-20(26-27)22(29)28-16-14-24(18-9-5-6-10-19(18)25-23(24)30)21(28)12-11-17-7-3-2-4-8-17/h2-10,13,15,21H,11-12,14,16H2,1H3,(H,25,30)/t21-,24-/m0/s1. The Morgan fingerprint density at radius 1 is 1.13 bits per heavy atom. The predicted molar refractivity (Wildman–Crippen MR) is 114 cm³/mol. The van der Waals surface area contributed by atoms with Gasteiger partial charge >= 0.3 is 0 Å². The number of carbonyl (C=O) groups is 2. The molecule has 0 saturated carbocycles. The van der Waals surface area contributed by atoms with E-state index in [9.17, 15) is 9.59 Å². The molecule has 0 unspecified atom stereocenters. The van der Waals surface area contributed by atoms with Crippen molar-refractivity contribution in [1.82, 2.24) is 14.7 Å². The number of amides is 2. The van der Waals surface area contributed by atoms with E-state index in [4.69, 9.17) is 0 Å². The minimum Gasteiger partial charge on any atom is -0.333 e. The van der Waals surface area contributed by atoms with E-state index >= 15 is 0 Å². The third-order valence-corrected chi connectivity index (χ3v) is 6.50. The summed E-state index contributed by atoms with van der Waals surface area (Å²) in [6.45, 7) is 0.538. The second kappa shape index (κ2) is 7.13. The lowest BCUT2D eigenvalue weighted by Crippen LogP contribution is -2.49. The third-order valence-electron chi connectivity index (χ3n) is 6.50. The van der Waals surface area contributed by atoms with Crippen molar-refractivity contribution in [3.63, 3.8) is 0 Å². The second-order valence-corrected chi connectivity index (χ2v) is 8.13. The Bertz CT molecular complexity index is 1110. The molecule has 0 radical (unpaired) electrons. The zero-order valence-electron chi connectivity index (χ0n) is 16.9. The van der Waals surface area contributed by atoms with Gasteiger partial charge in [-0.1, -0.05) is 48.5 Å². The third kappa shape index (κ3) is 2.83. The van der Waals surface area contributed by atoms with E-state index in [0.29, 0.717) is 25.1 Å². The zero-order valence-corrected chi connectivity index (χ0v) is 16.9. The number of para-hydroxylation sites is 1. The van der Waals surface area contributed by atoms with Crippen LogP contribution in [0.3, 0.4) is 0 Å². The molecule has 1 saturated heterocycles. The zero-order chi connectivity index (χ0) is 20.7. The summed E-state index contributed by atoms with van der Waals surface area (Å²) in [5.74, 6) is -0.110. The van der Waals surface area contributed by atoms with Gasteiger partial charge in [0.25, 0.3) is 5.91 Å². The van der Waals surface area contributed by atoms with Crippen molar-refractivity contribution in [1.29, 1.82) is 0 Å². The van der Waals surface area contributed by atoms with Gasteiger partial charge in [0.15, 0.2) is 0 Å². The summed E-state index contributed by atoms with van der Waals surface area (Å²) >= 11 is 0. The molecule has 2 aliphatic heterocycles. The van der Waals surface area contributed by atoms with Crippen LogP contribution in [-0.2, 0) is 23.7 Å². The highest BCUT2D eigenvalue weighted by Crippen LogP contribution is 2.49. The molecule has 0 aliphatic carbocycles. The molecule has 2 aromatic carbocycles. The molecule has 2 amide bonds. The maximum atomic E-state index is 13.4. The van der Waals surface area contributed by atoms with Gasteiger partial charge in [-0.3, -0.25) is 14.3 Å². The SMILES string of the molecule is Cn1ccc(C(=O)N2CC[C@@]3(C(=O)Nc4ccccc43)[C@@H]2CCc2ccccc2)n1. The quantitative estimate of drug-likeness (QED) is 0.732. The van der Waals surface area contributed by atoms with Crippen LogP contribution >= 0.6 is 0 Å². The lowest BCUT2D eigenvalue weighted by Gasteiger charge is -2.34. The Morgan fingerprint density at radius 3 is 2.67 bits per heavy atom. The smallest absolute Gasteiger partial charge is 0.274 e. The average Bonchev–Trinajstić information content (AvgIpc) is 3.44. The normalized spacial score (nSPS) is 22.4. The van der Waals surface area contributed by atoms with Gasteiger partial charge in [0.05, 0.1) is 11.5 Å². The van der Waals surface area contributed by atoms with E-state index in [2.05, 4.69) is 22.5 Å². The van der Waals surface area contributed by atoms with Crippen LogP contribution in [-0.4, -0.2) is 39.1 Å². The molecule has 3 aromatic rings. The summed E-state index contributed by atoms with van der Waals surface area (Å²) in [6.07, 6.45) is 3.91. The molecule has 152 valence electrons. The first-order valence-electron chi connectivity index (χ1n) is 10.3. The number of benzene rings is 2. The van der Waals surface area contributed by atoms with Crippen molar-refractivity contribution in [3.05, 3.63) is 83.7 Å². The van der Waals surface area contributed by atoms with E-state index < -0.39 is 5.41 Å². The highest BCUT2D eigenvalue weighted by molar-refractivity contribution is 6.08. The Kier molecular flexibility index (Phi) is 4.42. The molecular weight excluding hydrogens is 376 g/mol. The van der Waals surface area contributed by atoms with Crippen molar-refractivity contribution in [3.8, 4) is 0 Å². The molecule has 30 heavy (non-hydrogen) atoms. The lowest BCUT2D eigenvalue weighted by atomic mass is 9.73. The van der Waals surface area contributed by atoms with E-state index in [0.717, 1.165) is 17.7 Å². The fourth-order valence-corrected chi connectivity index (χ4v) is 5.07. The van der Waals surface area contributed by atoms with Crippen LogP contribution in [0.5, 0.6) is 0 Å². The van der Waals surface area contributed by atoms with Gasteiger partial charge in [0, 0.05) is 25.5 Å². The molecule has 1 N–H and O–H groups in total. The average molecular weight is 400 g/mol. The van der Waals surface area contributed by atoms with Crippen molar-refractivity contribution in [2.75, 3.05) is 11.9 Å². The van der Waals surface area contributed by atoms with Gasteiger partial charge < -0.3 is 10.2 Å². The molecule has 1 fully saturated rings. The summed E-state index contributed by atoms with van der Waals surface area (Å²) in [5.41, 5.74) is 2.78. The van der Waals surface area contributed by atoms with E-state index in [1.54, 1.807) is 24.0 Å². The lowest BCUT2D eigenvalue weighted by molar-refractivity contribution is -0.121.